The molecule has 1 aromatic carbocycles. The lowest BCUT2D eigenvalue weighted by molar-refractivity contribution is -0.233. The lowest BCUT2D eigenvalue weighted by Gasteiger charge is -2.58. The third-order valence-corrected chi connectivity index (χ3v) is 10.4. The number of esters is 1. The maximum atomic E-state index is 11.9. The van der Waals surface area contributed by atoms with Gasteiger partial charge in [0.1, 0.15) is 12.9 Å². The first-order valence-corrected chi connectivity index (χ1v) is 14.2. The van der Waals surface area contributed by atoms with Gasteiger partial charge in [0.15, 0.2) is 5.79 Å². The molecule has 0 amide bonds. The fraction of sp³-hybridized carbons (Fsp3) is 0.767. The topological polar surface area (TPSA) is 63.2 Å². The van der Waals surface area contributed by atoms with Crippen molar-refractivity contribution in [2.24, 2.45) is 35.0 Å². The number of hydrogen-bond donors (Lipinski definition) is 0. The molecule has 0 bridgehead atoms. The molecule has 6 rings (SSSR count). The molecule has 6 heteroatoms. The van der Waals surface area contributed by atoms with Gasteiger partial charge in [-0.2, -0.15) is 0 Å². The summed E-state index contributed by atoms with van der Waals surface area (Å²) in [5.74, 6) is 2.42. The number of rotatable bonds is 6. The Morgan fingerprint density at radius 2 is 1.81 bits per heavy atom. The van der Waals surface area contributed by atoms with Crippen molar-refractivity contribution in [3.63, 3.8) is 0 Å². The van der Waals surface area contributed by atoms with Gasteiger partial charge in [-0.15, -0.1) is 0 Å². The van der Waals surface area contributed by atoms with Crippen LogP contribution in [-0.2, 0) is 35.1 Å². The van der Waals surface area contributed by atoms with Crippen molar-refractivity contribution in [2.75, 3.05) is 20.0 Å². The summed E-state index contributed by atoms with van der Waals surface area (Å²) < 4.78 is 30.8. The normalized spacial score (nSPS) is 40.9. The summed E-state index contributed by atoms with van der Waals surface area (Å²) in [4.78, 5) is 11.9. The van der Waals surface area contributed by atoms with Gasteiger partial charge in [0.2, 0.25) is 0 Å². The van der Waals surface area contributed by atoms with E-state index in [4.69, 9.17) is 23.7 Å². The van der Waals surface area contributed by atoms with Crippen molar-refractivity contribution in [3.8, 4) is 0 Å². The first kappa shape index (κ1) is 24.8. The van der Waals surface area contributed by atoms with Gasteiger partial charge in [0.05, 0.1) is 25.9 Å². The Balaban J connectivity index is 1.20. The third kappa shape index (κ3) is 4.53. The van der Waals surface area contributed by atoms with E-state index in [0.29, 0.717) is 56.2 Å². The molecular weight excluding hydrogens is 456 g/mol. The van der Waals surface area contributed by atoms with E-state index >= 15 is 0 Å². The molecule has 1 aromatic rings. The number of carbonyl (C=O) groups excluding carboxylic acids is 1. The van der Waals surface area contributed by atoms with Gasteiger partial charge in [-0.3, -0.25) is 4.79 Å². The molecule has 36 heavy (non-hydrogen) atoms. The van der Waals surface area contributed by atoms with Crippen LogP contribution in [0, 0.1) is 35.0 Å². The van der Waals surface area contributed by atoms with E-state index in [1.165, 1.54) is 12.8 Å². The molecule has 1 saturated heterocycles. The van der Waals surface area contributed by atoms with Crippen LogP contribution < -0.4 is 0 Å². The molecule has 0 N–H and O–H groups in total. The second-order valence-corrected chi connectivity index (χ2v) is 12.2. The molecule has 1 heterocycles. The van der Waals surface area contributed by atoms with Crippen LogP contribution >= 0.6 is 0 Å². The molecule has 1 aliphatic heterocycles. The van der Waals surface area contributed by atoms with E-state index in [0.717, 1.165) is 44.1 Å². The van der Waals surface area contributed by atoms with Crippen LogP contribution in [0.25, 0.3) is 0 Å². The van der Waals surface area contributed by atoms with Crippen molar-refractivity contribution in [2.45, 2.75) is 89.8 Å². The molecule has 6 nitrogen and oxygen atoms in total. The minimum atomic E-state index is -0.362. The number of ether oxygens (including phenoxy) is 5. The lowest BCUT2D eigenvalue weighted by Crippen LogP contribution is -2.57. The number of hydrogen-bond acceptors (Lipinski definition) is 6. The highest BCUT2D eigenvalue weighted by Crippen LogP contribution is 2.64. The number of carbonyl (C=O) groups is 1. The van der Waals surface area contributed by atoms with Gasteiger partial charge in [-0.25, -0.2) is 0 Å². The average Bonchev–Trinajstić information content (AvgIpc) is 3.46. The smallest absolute Gasteiger partial charge is 0.302 e. The molecule has 8 atom stereocenters. The monoisotopic (exact) mass is 498 g/mol. The fourth-order valence-electron chi connectivity index (χ4n) is 8.96. The maximum absolute atomic E-state index is 11.9. The Morgan fingerprint density at radius 1 is 1.03 bits per heavy atom. The van der Waals surface area contributed by atoms with Crippen LogP contribution in [0.5, 0.6) is 0 Å². The van der Waals surface area contributed by atoms with E-state index in [1.54, 1.807) is 6.92 Å². The molecule has 4 saturated carbocycles. The summed E-state index contributed by atoms with van der Waals surface area (Å²) >= 11 is 0. The van der Waals surface area contributed by atoms with Crippen LogP contribution in [0.1, 0.15) is 70.8 Å². The number of benzene rings is 1. The Bertz CT molecular complexity index is 913. The summed E-state index contributed by atoms with van der Waals surface area (Å²) in [6.45, 7) is 6.24. The molecule has 1 spiro atoms. The lowest BCUT2D eigenvalue weighted by atomic mass is 9.49. The largest absolute Gasteiger partial charge is 0.462 e. The average molecular weight is 499 g/mol. The molecule has 0 unspecified atom stereocenters. The van der Waals surface area contributed by atoms with Crippen LogP contribution in [0.4, 0.5) is 0 Å². The Labute approximate surface area is 215 Å². The Kier molecular flexibility index (Phi) is 6.91. The Morgan fingerprint density at radius 3 is 2.58 bits per heavy atom. The molecule has 5 aliphatic rings. The molecule has 5 fully saturated rings. The standard InChI is InChI=1S/C30H42O6/c1-20(31)36-27-9-8-25-28-24(10-12-29(25,27)2)23-11-13-30(34-14-15-35-30)17-22(23)16-26(28)33-19-32-18-21-6-4-3-5-7-21/h3-7,22-28H,8-19H2,1-2H3/t22-,23-,24+,25-,26+,27-,28+,29-/m0/s1. The van der Waals surface area contributed by atoms with E-state index in [-0.39, 0.29) is 29.4 Å². The first-order valence-electron chi connectivity index (χ1n) is 14.2. The molecule has 0 aromatic heterocycles. The van der Waals surface area contributed by atoms with Crippen molar-refractivity contribution >= 4 is 5.97 Å². The molecule has 198 valence electrons. The van der Waals surface area contributed by atoms with Crippen molar-refractivity contribution < 1.29 is 28.5 Å². The fourth-order valence-corrected chi connectivity index (χ4v) is 8.96. The quantitative estimate of drug-likeness (QED) is 0.294. The summed E-state index contributed by atoms with van der Waals surface area (Å²) in [5.41, 5.74) is 1.21. The van der Waals surface area contributed by atoms with Gasteiger partial charge in [0, 0.05) is 25.2 Å². The second-order valence-electron chi connectivity index (χ2n) is 12.2. The SMILES string of the molecule is CC(=O)O[C@H]1CC[C@H]2[C@H]3[C@H](CC[C@]12C)[C@H]1CCC2(C[C@@H]1C[C@H]3OCOCc1ccccc1)OCCO2. The maximum Gasteiger partial charge on any atom is 0.302 e. The minimum Gasteiger partial charge on any atom is -0.462 e. The zero-order chi connectivity index (χ0) is 24.8. The van der Waals surface area contributed by atoms with Crippen LogP contribution in [0.15, 0.2) is 30.3 Å². The summed E-state index contributed by atoms with van der Waals surface area (Å²) in [6, 6.07) is 10.3. The molecule has 0 radical (unpaired) electrons. The summed E-state index contributed by atoms with van der Waals surface area (Å²) in [7, 11) is 0. The van der Waals surface area contributed by atoms with E-state index < -0.39 is 0 Å². The highest BCUT2D eigenvalue weighted by atomic mass is 16.7. The minimum absolute atomic E-state index is 0.0311. The molecule has 4 aliphatic carbocycles. The van der Waals surface area contributed by atoms with Crippen LogP contribution in [0.2, 0.25) is 0 Å². The summed E-state index contributed by atoms with van der Waals surface area (Å²) in [6.07, 6.45) is 8.83. The first-order chi connectivity index (χ1) is 17.5. The predicted molar refractivity (Wildman–Crippen MR) is 134 cm³/mol. The van der Waals surface area contributed by atoms with Crippen LogP contribution in [0.3, 0.4) is 0 Å². The van der Waals surface area contributed by atoms with Crippen molar-refractivity contribution in [1.29, 1.82) is 0 Å². The Hall–Kier alpha value is -1.47. The van der Waals surface area contributed by atoms with Gasteiger partial charge >= 0.3 is 5.97 Å². The zero-order valence-corrected chi connectivity index (χ0v) is 21.9. The summed E-state index contributed by atoms with van der Waals surface area (Å²) in [5, 5.41) is 0. The highest BCUT2D eigenvalue weighted by molar-refractivity contribution is 5.66. The molecular formula is C30H42O6. The van der Waals surface area contributed by atoms with Gasteiger partial charge in [-0.05, 0) is 73.7 Å². The van der Waals surface area contributed by atoms with Crippen molar-refractivity contribution in [1.82, 2.24) is 0 Å². The van der Waals surface area contributed by atoms with Crippen LogP contribution in [-0.4, -0.2) is 44.0 Å². The number of fused-ring (bicyclic) bond motifs is 5. The van der Waals surface area contributed by atoms with E-state index in [9.17, 15) is 4.79 Å². The van der Waals surface area contributed by atoms with E-state index in [1.807, 2.05) is 18.2 Å². The predicted octanol–water partition coefficient (Wildman–Crippen LogP) is 5.48. The van der Waals surface area contributed by atoms with Gasteiger partial charge in [0.25, 0.3) is 0 Å². The highest BCUT2D eigenvalue weighted by Gasteiger charge is 2.62. The second kappa shape index (κ2) is 10.0. The van der Waals surface area contributed by atoms with Gasteiger partial charge in [-0.1, -0.05) is 37.3 Å². The van der Waals surface area contributed by atoms with Gasteiger partial charge < -0.3 is 23.7 Å². The zero-order valence-electron chi connectivity index (χ0n) is 21.9. The third-order valence-electron chi connectivity index (χ3n) is 10.4. The van der Waals surface area contributed by atoms with Crippen molar-refractivity contribution in [3.05, 3.63) is 35.9 Å². The van der Waals surface area contributed by atoms with E-state index in [2.05, 4.69) is 19.1 Å².